The highest BCUT2D eigenvalue weighted by Gasteiger charge is 2.15. The molecule has 0 aromatic heterocycles. The molecule has 2 aromatic carbocycles. The number of benzene rings is 2. The van der Waals surface area contributed by atoms with Gasteiger partial charge in [0.1, 0.15) is 11.6 Å². The lowest BCUT2D eigenvalue weighted by atomic mass is 10.1. The molecule has 2 heteroatoms. The van der Waals surface area contributed by atoms with Crippen LogP contribution < -0.4 is 4.74 Å². The van der Waals surface area contributed by atoms with Gasteiger partial charge >= 0.3 is 0 Å². The van der Waals surface area contributed by atoms with Gasteiger partial charge in [0.25, 0.3) is 0 Å². The summed E-state index contributed by atoms with van der Waals surface area (Å²) in [6.07, 6.45) is 4.06. The second-order valence-corrected chi connectivity index (χ2v) is 4.84. The van der Waals surface area contributed by atoms with E-state index < -0.39 is 0 Å². The third-order valence-corrected chi connectivity index (χ3v) is 3.49. The minimum Gasteiger partial charge on any atom is -0.497 e. The van der Waals surface area contributed by atoms with Crippen LogP contribution in [-0.2, 0) is 12.8 Å². The molecule has 0 amide bonds. The summed E-state index contributed by atoms with van der Waals surface area (Å²) in [6.45, 7) is 0. The van der Waals surface area contributed by atoms with E-state index in [2.05, 4.69) is 18.2 Å². The number of ether oxygens (including phenoxy) is 1. The Kier molecular flexibility index (Phi) is 3.08. The maximum Gasteiger partial charge on any atom is 0.123 e. The molecule has 0 N–H and O–H groups in total. The minimum absolute atomic E-state index is 0.193. The first-order chi connectivity index (χ1) is 9.24. The van der Waals surface area contributed by atoms with Crippen molar-refractivity contribution in [2.75, 3.05) is 7.11 Å². The first-order valence-electron chi connectivity index (χ1n) is 6.35. The zero-order valence-electron chi connectivity index (χ0n) is 10.8. The van der Waals surface area contributed by atoms with E-state index in [0.29, 0.717) is 0 Å². The van der Waals surface area contributed by atoms with Crippen molar-refractivity contribution in [3.05, 3.63) is 70.5 Å². The van der Waals surface area contributed by atoms with Gasteiger partial charge in [-0.15, -0.1) is 0 Å². The Morgan fingerprint density at radius 3 is 2.47 bits per heavy atom. The molecular weight excluding hydrogens is 239 g/mol. The fourth-order valence-corrected chi connectivity index (χ4v) is 2.51. The van der Waals surface area contributed by atoms with E-state index in [9.17, 15) is 4.39 Å². The molecule has 0 fully saturated rings. The van der Waals surface area contributed by atoms with Crippen LogP contribution in [0.2, 0.25) is 0 Å². The number of allylic oxidation sites excluding steroid dienone is 1. The van der Waals surface area contributed by atoms with Gasteiger partial charge in [-0.2, -0.15) is 0 Å². The van der Waals surface area contributed by atoms with Crippen LogP contribution >= 0.6 is 0 Å². The lowest BCUT2D eigenvalue weighted by Gasteiger charge is -2.01. The van der Waals surface area contributed by atoms with Gasteiger partial charge in [-0.3, -0.25) is 0 Å². The Bertz CT molecular complexity index is 626. The number of hydrogen-bond donors (Lipinski definition) is 0. The minimum atomic E-state index is -0.193. The van der Waals surface area contributed by atoms with Crippen LogP contribution in [0, 0.1) is 5.82 Å². The molecule has 0 unspecified atom stereocenters. The number of fused-ring (bicyclic) bond motifs is 1. The largest absolute Gasteiger partial charge is 0.497 e. The SMILES string of the molecule is COc1ccc2c(c1)C/C(=C/c1ccc(F)cc1)C2. The molecule has 0 atom stereocenters. The zero-order valence-corrected chi connectivity index (χ0v) is 10.8. The van der Waals surface area contributed by atoms with Gasteiger partial charge in [0.05, 0.1) is 7.11 Å². The van der Waals surface area contributed by atoms with E-state index in [0.717, 1.165) is 24.2 Å². The Morgan fingerprint density at radius 2 is 1.74 bits per heavy atom. The van der Waals surface area contributed by atoms with Gasteiger partial charge in [0, 0.05) is 0 Å². The van der Waals surface area contributed by atoms with Crippen LogP contribution in [0.1, 0.15) is 16.7 Å². The van der Waals surface area contributed by atoms with Crippen LogP contribution in [0.15, 0.2) is 48.0 Å². The monoisotopic (exact) mass is 254 g/mol. The van der Waals surface area contributed by atoms with E-state index in [1.165, 1.54) is 28.8 Å². The predicted octanol–water partition coefficient (Wildman–Crippen LogP) is 4.02. The number of hydrogen-bond acceptors (Lipinski definition) is 1. The van der Waals surface area contributed by atoms with Crippen LogP contribution in [-0.4, -0.2) is 7.11 Å². The van der Waals surface area contributed by atoms with Gasteiger partial charge in [-0.25, -0.2) is 4.39 Å². The van der Waals surface area contributed by atoms with E-state index in [1.807, 2.05) is 18.2 Å². The molecule has 0 bridgehead atoms. The first-order valence-corrected chi connectivity index (χ1v) is 6.35. The molecule has 1 aliphatic carbocycles. The molecule has 19 heavy (non-hydrogen) atoms. The summed E-state index contributed by atoms with van der Waals surface area (Å²) in [5, 5.41) is 0. The number of halogens is 1. The molecule has 0 saturated carbocycles. The lowest BCUT2D eigenvalue weighted by Crippen LogP contribution is -1.86. The molecule has 0 radical (unpaired) electrons. The highest BCUT2D eigenvalue weighted by atomic mass is 19.1. The van der Waals surface area contributed by atoms with Gasteiger partial charge in [0.15, 0.2) is 0 Å². The lowest BCUT2D eigenvalue weighted by molar-refractivity contribution is 0.414. The van der Waals surface area contributed by atoms with Gasteiger partial charge < -0.3 is 4.74 Å². The molecular formula is C17H15FO. The fraction of sp³-hybridized carbons (Fsp3) is 0.176. The molecule has 0 spiro atoms. The van der Waals surface area contributed by atoms with Crippen molar-refractivity contribution < 1.29 is 9.13 Å². The van der Waals surface area contributed by atoms with Crippen molar-refractivity contribution in [3.8, 4) is 5.75 Å². The van der Waals surface area contributed by atoms with Crippen LogP contribution in [0.4, 0.5) is 4.39 Å². The summed E-state index contributed by atoms with van der Waals surface area (Å²) in [5.41, 5.74) is 5.09. The third kappa shape index (κ3) is 2.53. The van der Waals surface area contributed by atoms with Crippen molar-refractivity contribution in [3.63, 3.8) is 0 Å². The maximum absolute atomic E-state index is 12.9. The number of methoxy groups -OCH3 is 1. The summed E-state index contributed by atoms with van der Waals surface area (Å²) in [7, 11) is 1.69. The molecule has 2 aromatic rings. The van der Waals surface area contributed by atoms with Crippen molar-refractivity contribution in [1.82, 2.24) is 0 Å². The summed E-state index contributed by atoms with van der Waals surface area (Å²) in [6, 6.07) is 12.8. The molecule has 0 aliphatic heterocycles. The third-order valence-electron chi connectivity index (χ3n) is 3.49. The van der Waals surface area contributed by atoms with E-state index in [-0.39, 0.29) is 5.82 Å². The highest BCUT2D eigenvalue weighted by Crippen LogP contribution is 2.30. The van der Waals surface area contributed by atoms with Crippen LogP contribution in [0.25, 0.3) is 6.08 Å². The predicted molar refractivity (Wildman–Crippen MR) is 74.8 cm³/mol. The van der Waals surface area contributed by atoms with Crippen molar-refractivity contribution >= 4 is 6.08 Å². The van der Waals surface area contributed by atoms with Crippen molar-refractivity contribution in [2.24, 2.45) is 0 Å². The first kappa shape index (κ1) is 12.0. The summed E-state index contributed by atoms with van der Waals surface area (Å²) in [5.74, 6) is 0.711. The molecule has 0 saturated heterocycles. The summed E-state index contributed by atoms with van der Waals surface area (Å²) < 4.78 is 18.1. The van der Waals surface area contributed by atoms with Gasteiger partial charge in [-0.1, -0.05) is 29.8 Å². The zero-order chi connectivity index (χ0) is 13.2. The summed E-state index contributed by atoms with van der Waals surface area (Å²) in [4.78, 5) is 0. The molecule has 1 aliphatic rings. The van der Waals surface area contributed by atoms with Gasteiger partial charge in [0.2, 0.25) is 0 Å². The van der Waals surface area contributed by atoms with Gasteiger partial charge in [-0.05, 0) is 53.8 Å². The Balaban J connectivity index is 1.85. The normalized spacial score (nSPS) is 15.6. The van der Waals surface area contributed by atoms with Crippen molar-refractivity contribution in [1.29, 1.82) is 0 Å². The van der Waals surface area contributed by atoms with E-state index >= 15 is 0 Å². The van der Waals surface area contributed by atoms with Crippen LogP contribution in [0.5, 0.6) is 5.75 Å². The highest BCUT2D eigenvalue weighted by molar-refractivity contribution is 5.58. The topological polar surface area (TPSA) is 9.23 Å². The average Bonchev–Trinajstić information content (AvgIpc) is 2.82. The Labute approximate surface area is 112 Å². The second kappa shape index (κ2) is 4.88. The second-order valence-electron chi connectivity index (χ2n) is 4.84. The van der Waals surface area contributed by atoms with Crippen molar-refractivity contribution in [2.45, 2.75) is 12.8 Å². The molecule has 3 rings (SSSR count). The van der Waals surface area contributed by atoms with E-state index in [4.69, 9.17) is 4.74 Å². The fourth-order valence-electron chi connectivity index (χ4n) is 2.51. The number of rotatable bonds is 2. The Morgan fingerprint density at radius 1 is 1.00 bits per heavy atom. The van der Waals surface area contributed by atoms with Crippen LogP contribution in [0.3, 0.4) is 0 Å². The molecule has 96 valence electrons. The molecule has 0 heterocycles. The quantitative estimate of drug-likeness (QED) is 0.786. The average molecular weight is 254 g/mol. The summed E-state index contributed by atoms with van der Waals surface area (Å²) >= 11 is 0. The molecule has 1 nitrogen and oxygen atoms in total. The smallest absolute Gasteiger partial charge is 0.123 e. The standard InChI is InChI=1S/C17H15FO/c1-19-17-7-4-14-9-13(10-15(14)11-17)8-12-2-5-16(18)6-3-12/h2-8,11H,9-10H2,1H3/b13-8+. The Hall–Kier alpha value is -2.09. The van der Waals surface area contributed by atoms with E-state index in [1.54, 1.807) is 7.11 Å². The maximum atomic E-state index is 12.9.